The number of ether oxygens (including phenoxy) is 1. The number of carbonyl (C=O) groups is 1. The number of carboxylic acid groups (broad SMARTS) is 1. The number of hydrogen-bond donors (Lipinski definition) is 1. The molecule has 1 aliphatic rings. The number of rotatable bonds is 4. The molecule has 19 heavy (non-hydrogen) atoms. The lowest BCUT2D eigenvalue weighted by Gasteiger charge is -2.21. The Balaban J connectivity index is 2.45. The van der Waals surface area contributed by atoms with Crippen LogP contribution in [0.25, 0.3) is 0 Å². The summed E-state index contributed by atoms with van der Waals surface area (Å²) in [7, 11) is -2.49. The highest BCUT2D eigenvalue weighted by atomic mass is 32.2. The number of hydrogen-bond acceptors (Lipinski definition) is 5. The summed E-state index contributed by atoms with van der Waals surface area (Å²) in [5.41, 5.74) is 0. The molecular weight excluding hydrogens is 290 g/mol. The second-order valence-corrected chi connectivity index (χ2v) is 6.76. The Morgan fingerprint density at radius 2 is 2.16 bits per heavy atom. The van der Waals surface area contributed by atoms with Crippen LogP contribution in [0.1, 0.15) is 0 Å². The van der Waals surface area contributed by atoms with Crippen molar-refractivity contribution in [2.45, 2.75) is 10.9 Å². The molecule has 1 aromatic carbocycles. The largest absolute Gasteiger partial charge is 0.495 e. The smallest absolute Gasteiger partial charge is 0.322 e. The van der Waals surface area contributed by atoms with Crippen LogP contribution in [-0.2, 0) is 14.8 Å². The van der Waals surface area contributed by atoms with Crippen LogP contribution in [0.4, 0.5) is 0 Å². The van der Waals surface area contributed by atoms with E-state index in [0.717, 1.165) is 4.31 Å². The highest BCUT2D eigenvalue weighted by molar-refractivity contribution is 8.00. The Labute approximate surface area is 115 Å². The highest BCUT2D eigenvalue weighted by Crippen LogP contribution is 2.32. The van der Waals surface area contributed by atoms with E-state index in [-0.39, 0.29) is 22.3 Å². The summed E-state index contributed by atoms with van der Waals surface area (Å²) >= 11 is 1.28. The number of carboxylic acids is 1. The molecule has 0 aliphatic carbocycles. The van der Waals surface area contributed by atoms with E-state index in [1.165, 1.54) is 31.0 Å². The molecule has 1 aromatic rings. The molecule has 0 saturated carbocycles. The third kappa shape index (κ3) is 2.56. The first-order chi connectivity index (χ1) is 8.98. The van der Waals surface area contributed by atoms with Crippen LogP contribution in [0.3, 0.4) is 0 Å². The van der Waals surface area contributed by atoms with Gasteiger partial charge in [0.05, 0.1) is 13.0 Å². The Hall–Kier alpha value is -1.25. The van der Waals surface area contributed by atoms with Crippen LogP contribution < -0.4 is 4.74 Å². The Morgan fingerprint density at radius 1 is 1.47 bits per heavy atom. The molecule has 104 valence electrons. The van der Waals surface area contributed by atoms with Crippen LogP contribution in [-0.4, -0.2) is 48.6 Å². The summed E-state index contributed by atoms with van der Waals surface area (Å²) in [6, 6.07) is 5.15. The zero-order chi connectivity index (χ0) is 14.0. The highest BCUT2D eigenvalue weighted by Gasteiger charge is 2.41. The second-order valence-electron chi connectivity index (χ2n) is 3.90. The topological polar surface area (TPSA) is 83.9 Å². The maximum Gasteiger partial charge on any atom is 0.322 e. The van der Waals surface area contributed by atoms with Gasteiger partial charge in [0.15, 0.2) is 0 Å². The van der Waals surface area contributed by atoms with Crippen LogP contribution in [0.2, 0.25) is 0 Å². The number of aliphatic carboxylic acids is 1. The van der Waals surface area contributed by atoms with Crippen molar-refractivity contribution in [3.05, 3.63) is 24.3 Å². The lowest BCUT2D eigenvalue weighted by Crippen LogP contribution is -2.41. The van der Waals surface area contributed by atoms with Crippen LogP contribution in [0, 0.1) is 0 Å². The molecule has 1 atom stereocenters. The minimum Gasteiger partial charge on any atom is -0.495 e. The number of methoxy groups -OCH3 is 1. The molecule has 1 heterocycles. The quantitative estimate of drug-likeness (QED) is 0.887. The summed E-state index contributed by atoms with van der Waals surface area (Å²) in [6.45, 7) is 0. The molecule has 1 N–H and O–H groups in total. The van der Waals surface area contributed by atoms with E-state index in [1.807, 2.05) is 0 Å². The average molecular weight is 303 g/mol. The van der Waals surface area contributed by atoms with E-state index in [4.69, 9.17) is 9.84 Å². The van der Waals surface area contributed by atoms with Crippen LogP contribution >= 0.6 is 11.8 Å². The lowest BCUT2D eigenvalue weighted by molar-refractivity contribution is -0.140. The first-order valence-electron chi connectivity index (χ1n) is 5.44. The van der Waals surface area contributed by atoms with Crippen LogP contribution in [0.15, 0.2) is 29.2 Å². The Bertz CT molecular complexity index is 587. The Morgan fingerprint density at radius 3 is 2.79 bits per heavy atom. The van der Waals surface area contributed by atoms with E-state index in [9.17, 15) is 13.2 Å². The predicted octanol–water partition coefficient (Wildman–Crippen LogP) is 0.843. The second kappa shape index (κ2) is 5.40. The normalized spacial score (nSPS) is 20.4. The molecule has 0 aromatic heterocycles. The van der Waals surface area contributed by atoms with Gasteiger partial charge < -0.3 is 9.84 Å². The fourth-order valence-corrected chi connectivity index (χ4v) is 5.11. The third-order valence-electron chi connectivity index (χ3n) is 2.78. The summed E-state index contributed by atoms with van der Waals surface area (Å²) in [5, 5.41) is 9.07. The molecule has 0 unspecified atom stereocenters. The van der Waals surface area contributed by atoms with E-state index in [1.54, 1.807) is 12.1 Å². The number of benzene rings is 1. The van der Waals surface area contributed by atoms with Gasteiger partial charge in [-0.2, -0.15) is 4.31 Å². The molecule has 0 amide bonds. The lowest BCUT2D eigenvalue weighted by atomic mass is 10.3. The van der Waals surface area contributed by atoms with E-state index < -0.39 is 22.0 Å². The SMILES string of the molecule is COc1ccccc1S(=O)(=O)N1CSC[C@H]1C(=O)O. The van der Waals surface area contributed by atoms with Gasteiger partial charge in [0.25, 0.3) is 0 Å². The van der Waals surface area contributed by atoms with Crippen molar-refractivity contribution in [3.63, 3.8) is 0 Å². The van der Waals surface area contributed by atoms with Crippen molar-refractivity contribution in [3.8, 4) is 5.75 Å². The van der Waals surface area contributed by atoms with Gasteiger partial charge in [0.1, 0.15) is 16.7 Å². The van der Waals surface area contributed by atoms with E-state index in [2.05, 4.69) is 0 Å². The molecule has 8 heteroatoms. The zero-order valence-electron chi connectivity index (χ0n) is 10.1. The van der Waals surface area contributed by atoms with Crippen molar-refractivity contribution >= 4 is 27.8 Å². The molecule has 6 nitrogen and oxygen atoms in total. The number of nitrogens with zero attached hydrogens (tertiary/aromatic N) is 1. The maximum absolute atomic E-state index is 12.5. The van der Waals surface area contributed by atoms with E-state index >= 15 is 0 Å². The molecule has 0 bridgehead atoms. The molecule has 0 spiro atoms. The van der Waals surface area contributed by atoms with Gasteiger partial charge in [-0.1, -0.05) is 12.1 Å². The van der Waals surface area contributed by atoms with Crippen molar-refractivity contribution in [2.24, 2.45) is 0 Å². The van der Waals surface area contributed by atoms with Crippen molar-refractivity contribution in [1.82, 2.24) is 4.31 Å². The molecular formula is C11H13NO5S2. The van der Waals surface area contributed by atoms with E-state index in [0.29, 0.717) is 0 Å². The van der Waals surface area contributed by atoms with Gasteiger partial charge >= 0.3 is 5.97 Å². The van der Waals surface area contributed by atoms with Crippen molar-refractivity contribution < 1.29 is 23.1 Å². The number of para-hydroxylation sites is 1. The van der Waals surface area contributed by atoms with Gasteiger partial charge in [-0.25, -0.2) is 8.42 Å². The summed E-state index contributed by atoms with van der Waals surface area (Å²) in [4.78, 5) is 11.1. The molecule has 1 saturated heterocycles. The van der Waals surface area contributed by atoms with Gasteiger partial charge in [0, 0.05) is 5.75 Å². The first-order valence-corrected chi connectivity index (χ1v) is 8.03. The van der Waals surface area contributed by atoms with Gasteiger partial charge in [0.2, 0.25) is 10.0 Å². The molecule has 1 fully saturated rings. The minimum absolute atomic E-state index is 0.00810. The third-order valence-corrected chi connectivity index (χ3v) is 5.85. The van der Waals surface area contributed by atoms with Crippen LogP contribution in [0.5, 0.6) is 5.75 Å². The van der Waals surface area contributed by atoms with Gasteiger partial charge in [-0.3, -0.25) is 4.79 Å². The molecule has 1 aliphatic heterocycles. The van der Waals surface area contributed by atoms with Gasteiger partial charge in [-0.05, 0) is 12.1 Å². The summed E-state index contributed by atoms with van der Waals surface area (Å²) in [6.07, 6.45) is 0. The first kappa shape index (κ1) is 14.2. The minimum atomic E-state index is -3.87. The fourth-order valence-electron chi connectivity index (χ4n) is 1.82. The number of sulfonamides is 1. The average Bonchev–Trinajstić information content (AvgIpc) is 2.88. The Kier molecular flexibility index (Phi) is 4.02. The fraction of sp³-hybridized carbons (Fsp3) is 0.364. The predicted molar refractivity (Wildman–Crippen MR) is 70.8 cm³/mol. The summed E-state index contributed by atoms with van der Waals surface area (Å²) in [5.74, 6) is -0.534. The standard InChI is InChI=1S/C11H13NO5S2/c1-17-9-4-2-3-5-10(9)19(15,16)12-7-18-6-8(12)11(13)14/h2-5,8H,6-7H2,1H3,(H,13,14)/t8-/m0/s1. The van der Waals surface area contributed by atoms with Gasteiger partial charge in [-0.15, -0.1) is 11.8 Å². The van der Waals surface area contributed by atoms with Crippen molar-refractivity contribution in [1.29, 1.82) is 0 Å². The van der Waals surface area contributed by atoms with Crippen molar-refractivity contribution in [2.75, 3.05) is 18.7 Å². The summed E-state index contributed by atoms with van der Waals surface area (Å²) < 4.78 is 31.0. The molecule has 0 radical (unpaired) electrons. The molecule has 2 rings (SSSR count). The monoisotopic (exact) mass is 303 g/mol. The maximum atomic E-state index is 12.5. The zero-order valence-corrected chi connectivity index (χ0v) is 11.8. The number of thioether (sulfide) groups is 1.